The molecule has 0 unspecified atom stereocenters. The number of carbonyl (C=O) groups is 1. The molecule has 1 fully saturated rings. The minimum atomic E-state index is -0.105. The average molecular weight is 268 g/mol. The van der Waals surface area contributed by atoms with Crippen molar-refractivity contribution < 1.29 is 4.79 Å². The lowest BCUT2D eigenvalue weighted by atomic mass is 10.1. The lowest BCUT2D eigenvalue weighted by molar-refractivity contribution is 0.0773. The van der Waals surface area contributed by atoms with E-state index in [1.54, 1.807) is 18.0 Å². The third kappa shape index (κ3) is 2.93. The number of anilines is 1. The van der Waals surface area contributed by atoms with Crippen LogP contribution < -0.4 is 5.73 Å². The molecule has 1 aromatic rings. The summed E-state index contributed by atoms with van der Waals surface area (Å²) >= 11 is 5.94. The van der Waals surface area contributed by atoms with Crippen LogP contribution >= 0.6 is 11.6 Å². The van der Waals surface area contributed by atoms with Gasteiger partial charge in [-0.1, -0.05) is 24.4 Å². The summed E-state index contributed by atoms with van der Waals surface area (Å²) in [6.07, 6.45) is 6.41. The molecule has 1 aliphatic carbocycles. The van der Waals surface area contributed by atoms with Gasteiger partial charge < -0.3 is 10.6 Å². The maximum Gasteiger partial charge on any atom is 0.256 e. The van der Waals surface area contributed by atoms with Gasteiger partial charge in [-0.2, -0.15) is 0 Å². The van der Waals surface area contributed by atoms with Gasteiger partial charge in [0.2, 0.25) is 0 Å². The largest absolute Gasteiger partial charge is 0.397 e. The van der Waals surface area contributed by atoms with Gasteiger partial charge in [0.25, 0.3) is 5.91 Å². The van der Waals surface area contributed by atoms with Crippen molar-refractivity contribution in [3.05, 3.63) is 23.0 Å². The Morgan fingerprint density at radius 1 is 1.56 bits per heavy atom. The van der Waals surface area contributed by atoms with Gasteiger partial charge in [-0.3, -0.25) is 4.79 Å². The zero-order valence-electron chi connectivity index (χ0n) is 10.5. The molecule has 4 nitrogen and oxygen atoms in total. The van der Waals surface area contributed by atoms with Crippen molar-refractivity contribution >= 4 is 23.2 Å². The van der Waals surface area contributed by atoms with Gasteiger partial charge in [0.1, 0.15) is 5.15 Å². The number of aromatic nitrogens is 1. The molecule has 0 atom stereocenters. The number of carbonyl (C=O) groups excluding carboxylic acids is 1. The van der Waals surface area contributed by atoms with Gasteiger partial charge in [-0.25, -0.2) is 4.98 Å². The SMILES string of the molecule is CN(CC1CCCC1)C(=O)c1cc(N)cnc1Cl. The monoisotopic (exact) mass is 267 g/mol. The van der Waals surface area contributed by atoms with Gasteiger partial charge in [0, 0.05) is 13.6 Å². The number of pyridine rings is 1. The van der Waals surface area contributed by atoms with E-state index in [2.05, 4.69) is 4.98 Å². The minimum Gasteiger partial charge on any atom is -0.397 e. The quantitative estimate of drug-likeness (QED) is 0.857. The number of amides is 1. The Bertz CT molecular complexity index is 444. The number of hydrogen-bond acceptors (Lipinski definition) is 3. The Morgan fingerprint density at radius 2 is 2.22 bits per heavy atom. The molecule has 1 heterocycles. The molecule has 18 heavy (non-hydrogen) atoms. The van der Waals surface area contributed by atoms with Crippen LogP contribution in [0.25, 0.3) is 0 Å². The third-order valence-corrected chi connectivity index (χ3v) is 3.75. The number of nitrogen functional groups attached to an aromatic ring is 1. The van der Waals surface area contributed by atoms with E-state index in [0.717, 1.165) is 6.54 Å². The average Bonchev–Trinajstić information content (AvgIpc) is 2.84. The highest BCUT2D eigenvalue weighted by atomic mass is 35.5. The first kappa shape index (κ1) is 13.1. The Kier molecular flexibility index (Phi) is 4.07. The third-order valence-electron chi connectivity index (χ3n) is 3.44. The van der Waals surface area contributed by atoms with E-state index in [9.17, 15) is 4.79 Å². The molecule has 98 valence electrons. The first-order chi connectivity index (χ1) is 8.58. The van der Waals surface area contributed by atoms with Crippen LogP contribution in [0.1, 0.15) is 36.0 Å². The van der Waals surface area contributed by atoms with Crippen molar-refractivity contribution in [2.24, 2.45) is 5.92 Å². The summed E-state index contributed by atoms with van der Waals surface area (Å²) < 4.78 is 0. The highest BCUT2D eigenvalue weighted by Gasteiger charge is 2.22. The molecule has 0 radical (unpaired) electrons. The van der Waals surface area contributed by atoms with Crippen LogP contribution in [0.3, 0.4) is 0 Å². The van der Waals surface area contributed by atoms with Crippen molar-refractivity contribution in [1.29, 1.82) is 0 Å². The highest BCUT2D eigenvalue weighted by molar-refractivity contribution is 6.32. The van der Waals surface area contributed by atoms with Gasteiger partial charge in [-0.05, 0) is 24.8 Å². The van der Waals surface area contributed by atoms with Gasteiger partial charge >= 0.3 is 0 Å². The zero-order valence-corrected chi connectivity index (χ0v) is 11.3. The summed E-state index contributed by atoms with van der Waals surface area (Å²) in [6.45, 7) is 0.782. The van der Waals surface area contributed by atoms with Crippen LogP contribution in [0, 0.1) is 5.92 Å². The summed E-state index contributed by atoms with van der Waals surface area (Å²) in [6, 6.07) is 1.59. The van der Waals surface area contributed by atoms with Gasteiger partial charge in [-0.15, -0.1) is 0 Å². The molecule has 0 bridgehead atoms. The fourth-order valence-electron chi connectivity index (χ4n) is 2.48. The van der Waals surface area contributed by atoms with Crippen LogP contribution in [0.5, 0.6) is 0 Å². The second-order valence-electron chi connectivity index (χ2n) is 4.94. The van der Waals surface area contributed by atoms with Gasteiger partial charge in [0.05, 0.1) is 17.4 Å². The molecule has 0 saturated heterocycles. The number of nitrogens with two attached hydrogens (primary N) is 1. The molecule has 1 aliphatic rings. The molecular formula is C13H18ClN3O. The first-order valence-electron chi connectivity index (χ1n) is 6.24. The summed E-state index contributed by atoms with van der Waals surface area (Å²) in [4.78, 5) is 17.9. The van der Waals surface area contributed by atoms with Crippen molar-refractivity contribution in [3.8, 4) is 0 Å². The van der Waals surface area contributed by atoms with E-state index in [0.29, 0.717) is 17.2 Å². The highest BCUT2D eigenvalue weighted by Crippen LogP contribution is 2.26. The normalized spacial score (nSPS) is 15.9. The standard InChI is InChI=1S/C13H18ClN3O/c1-17(8-9-4-2-3-5-9)13(18)11-6-10(15)7-16-12(11)14/h6-7,9H,2-5,8,15H2,1H3. The Labute approximate surface area is 112 Å². The first-order valence-corrected chi connectivity index (χ1v) is 6.62. The second-order valence-corrected chi connectivity index (χ2v) is 5.30. The molecule has 1 saturated carbocycles. The second kappa shape index (κ2) is 5.57. The van der Waals surface area contributed by atoms with Crippen LogP contribution in [0.4, 0.5) is 5.69 Å². The summed E-state index contributed by atoms with van der Waals surface area (Å²) in [7, 11) is 1.81. The molecule has 1 amide bonds. The number of nitrogens with zero attached hydrogens (tertiary/aromatic N) is 2. The van der Waals surface area contributed by atoms with E-state index in [-0.39, 0.29) is 11.1 Å². The zero-order chi connectivity index (χ0) is 13.1. The Morgan fingerprint density at radius 3 is 2.89 bits per heavy atom. The number of hydrogen-bond donors (Lipinski definition) is 1. The summed E-state index contributed by atoms with van der Waals surface area (Å²) in [5, 5.41) is 0.215. The fourth-order valence-corrected chi connectivity index (χ4v) is 2.67. The molecular weight excluding hydrogens is 250 g/mol. The molecule has 5 heteroatoms. The molecule has 0 aliphatic heterocycles. The molecule has 1 aromatic heterocycles. The maximum absolute atomic E-state index is 12.3. The summed E-state index contributed by atoms with van der Waals surface area (Å²) in [5.74, 6) is 0.512. The van der Waals surface area contributed by atoms with Gasteiger partial charge in [0.15, 0.2) is 0 Å². The maximum atomic E-state index is 12.3. The van der Waals surface area contributed by atoms with Crippen molar-refractivity contribution in [3.63, 3.8) is 0 Å². The lowest BCUT2D eigenvalue weighted by Gasteiger charge is -2.21. The minimum absolute atomic E-state index is 0.105. The van der Waals surface area contributed by atoms with Crippen molar-refractivity contribution in [2.75, 3.05) is 19.3 Å². The Hall–Kier alpha value is -1.29. The van der Waals surface area contributed by atoms with Crippen LogP contribution in [-0.4, -0.2) is 29.4 Å². The van der Waals surface area contributed by atoms with Crippen molar-refractivity contribution in [1.82, 2.24) is 9.88 Å². The van der Waals surface area contributed by atoms with E-state index in [4.69, 9.17) is 17.3 Å². The van der Waals surface area contributed by atoms with E-state index in [1.165, 1.54) is 31.9 Å². The number of rotatable bonds is 3. The van der Waals surface area contributed by atoms with Crippen LogP contribution in [-0.2, 0) is 0 Å². The van der Waals surface area contributed by atoms with E-state index >= 15 is 0 Å². The van der Waals surface area contributed by atoms with E-state index in [1.807, 2.05) is 0 Å². The predicted octanol–water partition coefficient (Wildman–Crippen LogP) is 2.58. The van der Waals surface area contributed by atoms with Crippen LogP contribution in [0.15, 0.2) is 12.3 Å². The predicted molar refractivity (Wildman–Crippen MR) is 72.6 cm³/mol. The molecule has 2 rings (SSSR count). The smallest absolute Gasteiger partial charge is 0.256 e. The summed E-state index contributed by atoms with van der Waals surface area (Å²) in [5.41, 5.74) is 6.48. The van der Waals surface area contributed by atoms with E-state index < -0.39 is 0 Å². The fraction of sp³-hybridized carbons (Fsp3) is 0.538. The molecule has 0 spiro atoms. The lowest BCUT2D eigenvalue weighted by Crippen LogP contribution is -2.31. The molecule has 0 aromatic carbocycles. The van der Waals surface area contributed by atoms with Crippen LogP contribution in [0.2, 0.25) is 5.15 Å². The topological polar surface area (TPSA) is 59.2 Å². The Balaban J connectivity index is 2.07. The number of halogens is 1. The van der Waals surface area contributed by atoms with Crippen molar-refractivity contribution in [2.45, 2.75) is 25.7 Å². The molecule has 2 N–H and O–H groups in total.